The van der Waals surface area contributed by atoms with Crippen molar-refractivity contribution in [2.45, 2.75) is 49.0 Å². The molecule has 166 valence electrons. The maximum atomic E-state index is 12.8. The molecule has 0 aliphatic heterocycles. The summed E-state index contributed by atoms with van der Waals surface area (Å²) in [5.74, 6) is 6.76. The first-order valence-electron chi connectivity index (χ1n) is 10.4. The lowest BCUT2D eigenvalue weighted by Crippen LogP contribution is -2.23. The lowest BCUT2D eigenvalue weighted by molar-refractivity contribution is 0.0931. The van der Waals surface area contributed by atoms with Crippen molar-refractivity contribution in [2.24, 2.45) is 0 Å². The van der Waals surface area contributed by atoms with Gasteiger partial charge in [-0.3, -0.25) is 0 Å². The number of hydrogen-bond acceptors (Lipinski definition) is 5. The van der Waals surface area contributed by atoms with Gasteiger partial charge in [0.05, 0.1) is 4.90 Å². The third-order valence-corrected chi connectivity index (χ3v) is 7.22. The quantitative estimate of drug-likeness (QED) is 0.503. The summed E-state index contributed by atoms with van der Waals surface area (Å²) in [6.45, 7) is 5.68. The van der Waals surface area contributed by atoms with Crippen LogP contribution < -0.4 is 4.74 Å². The Kier molecular flexibility index (Phi) is 6.93. The molecular weight excluding hydrogens is 424 g/mol. The first kappa shape index (κ1) is 23.4. The molecule has 0 aliphatic rings. The SMILES string of the molecule is CCC(O)(C#Cc1cccc(Oc2ccc(S(=O)(=O)c3ccccc3O)cc2)c1C)CC. The van der Waals surface area contributed by atoms with Crippen LogP contribution in [0.5, 0.6) is 17.2 Å². The van der Waals surface area contributed by atoms with Crippen LogP contribution >= 0.6 is 0 Å². The van der Waals surface area contributed by atoms with Gasteiger partial charge < -0.3 is 14.9 Å². The average molecular weight is 451 g/mol. The molecule has 0 aromatic heterocycles. The third-order valence-electron chi connectivity index (χ3n) is 5.40. The smallest absolute Gasteiger partial charge is 0.210 e. The molecule has 0 amide bonds. The highest BCUT2D eigenvalue weighted by Crippen LogP contribution is 2.31. The van der Waals surface area contributed by atoms with Crippen LogP contribution in [0.3, 0.4) is 0 Å². The highest BCUT2D eigenvalue weighted by Gasteiger charge is 2.21. The number of phenolic OH excluding ortho intramolecular Hbond substituents is 1. The molecule has 0 fully saturated rings. The van der Waals surface area contributed by atoms with Crippen LogP contribution in [-0.4, -0.2) is 24.2 Å². The molecule has 3 rings (SSSR count). The molecular formula is C26H26O5S. The molecule has 0 saturated heterocycles. The van der Waals surface area contributed by atoms with E-state index in [1.807, 2.05) is 32.9 Å². The molecule has 5 nitrogen and oxygen atoms in total. The fourth-order valence-corrected chi connectivity index (χ4v) is 4.45. The molecule has 6 heteroatoms. The molecule has 0 heterocycles. The Labute approximate surface area is 189 Å². The van der Waals surface area contributed by atoms with Gasteiger partial charge in [0, 0.05) is 11.1 Å². The summed E-state index contributed by atoms with van der Waals surface area (Å²) in [7, 11) is -3.85. The summed E-state index contributed by atoms with van der Waals surface area (Å²) in [5, 5.41) is 20.3. The number of aromatic hydroxyl groups is 1. The maximum Gasteiger partial charge on any atom is 0.210 e. The van der Waals surface area contributed by atoms with Gasteiger partial charge in [0.15, 0.2) is 0 Å². The van der Waals surface area contributed by atoms with Crippen molar-refractivity contribution in [2.75, 3.05) is 0 Å². The van der Waals surface area contributed by atoms with Crippen molar-refractivity contribution in [3.8, 4) is 29.1 Å². The summed E-state index contributed by atoms with van der Waals surface area (Å²) in [4.78, 5) is -0.0870. The lowest BCUT2D eigenvalue weighted by Gasteiger charge is -2.17. The number of ether oxygens (including phenoxy) is 1. The normalized spacial score (nSPS) is 11.5. The fraction of sp³-hybridized carbons (Fsp3) is 0.231. The van der Waals surface area contributed by atoms with Crippen molar-refractivity contribution in [1.29, 1.82) is 0 Å². The Bertz CT molecular complexity index is 1260. The van der Waals surface area contributed by atoms with Crippen molar-refractivity contribution in [1.82, 2.24) is 0 Å². The monoisotopic (exact) mass is 450 g/mol. The van der Waals surface area contributed by atoms with E-state index in [-0.39, 0.29) is 15.5 Å². The predicted octanol–water partition coefficient (Wildman–Crippen LogP) is 5.23. The summed E-state index contributed by atoms with van der Waals surface area (Å²) in [6, 6.07) is 17.3. The van der Waals surface area contributed by atoms with E-state index >= 15 is 0 Å². The van der Waals surface area contributed by atoms with Crippen molar-refractivity contribution in [3.05, 3.63) is 77.9 Å². The molecule has 32 heavy (non-hydrogen) atoms. The first-order valence-corrected chi connectivity index (χ1v) is 11.8. The minimum atomic E-state index is -3.85. The van der Waals surface area contributed by atoms with E-state index in [4.69, 9.17) is 4.74 Å². The van der Waals surface area contributed by atoms with Crippen LogP contribution in [0, 0.1) is 18.8 Å². The van der Waals surface area contributed by atoms with Crippen LogP contribution in [0.15, 0.2) is 76.5 Å². The Morgan fingerprint density at radius 2 is 1.59 bits per heavy atom. The number of para-hydroxylation sites is 1. The number of rotatable bonds is 6. The van der Waals surface area contributed by atoms with Gasteiger partial charge >= 0.3 is 0 Å². The Hall–Kier alpha value is -3.27. The van der Waals surface area contributed by atoms with Crippen molar-refractivity contribution < 1.29 is 23.4 Å². The third kappa shape index (κ3) is 4.96. The minimum absolute atomic E-state index is 0.0566. The van der Waals surface area contributed by atoms with Gasteiger partial charge in [0.25, 0.3) is 0 Å². The number of sulfone groups is 1. The number of benzene rings is 3. The molecule has 0 saturated carbocycles. The van der Waals surface area contributed by atoms with Crippen molar-refractivity contribution in [3.63, 3.8) is 0 Å². The molecule has 0 aliphatic carbocycles. The second-order valence-corrected chi connectivity index (χ2v) is 9.38. The van der Waals surface area contributed by atoms with Gasteiger partial charge in [-0.25, -0.2) is 8.42 Å². The van der Waals surface area contributed by atoms with E-state index in [0.29, 0.717) is 24.3 Å². The highest BCUT2D eigenvalue weighted by atomic mass is 32.2. The Balaban J connectivity index is 1.85. The molecule has 0 radical (unpaired) electrons. The van der Waals surface area contributed by atoms with Gasteiger partial charge in [0.2, 0.25) is 9.84 Å². The van der Waals surface area contributed by atoms with Gasteiger partial charge in [0.1, 0.15) is 27.7 Å². The molecule has 0 bridgehead atoms. The van der Waals surface area contributed by atoms with E-state index in [0.717, 1.165) is 11.1 Å². The van der Waals surface area contributed by atoms with Gasteiger partial charge in [-0.2, -0.15) is 0 Å². The van der Waals surface area contributed by atoms with E-state index < -0.39 is 15.4 Å². The van der Waals surface area contributed by atoms with Crippen LogP contribution in [0.2, 0.25) is 0 Å². The van der Waals surface area contributed by atoms with Gasteiger partial charge in [-0.1, -0.05) is 43.9 Å². The van der Waals surface area contributed by atoms with E-state index in [1.54, 1.807) is 30.3 Å². The van der Waals surface area contributed by atoms with Crippen LogP contribution in [0.4, 0.5) is 0 Å². The molecule has 0 atom stereocenters. The number of hydrogen-bond donors (Lipinski definition) is 2. The molecule has 0 unspecified atom stereocenters. The standard InChI is InChI=1S/C26H26O5S/c1-4-26(28,5-2)18-17-20-9-8-11-24(19(20)3)31-21-13-15-22(16-14-21)32(29,30)25-12-7-6-10-23(25)27/h6-16,27-28H,4-5H2,1-3H3. The van der Waals surface area contributed by atoms with Crippen LogP contribution in [-0.2, 0) is 9.84 Å². The number of aliphatic hydroxyl groups is 1. The topological polar surface area (TPSA) is 83.8 Å². The summed E-state index contributed by atoms with van der Waals surface area (Å²) < 4.78 is 31.5. The fourth-order valence-electron chi connectivity index (χ4n) is 3.10. The maximum absolute atomic E-state index is 12.8. The Morgan fingerprint density at radius 1 is 0.938 bits per heavy atom. The number of phenols is 1. The van der Waals surface area contributed by atoms with Gasteiger partial charge in [-0.15, -0.1) is 0 Å². The zero-order valence-electron chi connectivity index (χ0n) is 18.3. The first-order chi connectivity index (χ1) is 15.2. The zero-order chi connectivity index (χ0) is 23.4. The van der Waals surface area contributed by atoms with E-state index in [9.17, 15) is 18.6 Å². The van der Waals surface area contributed by atoms with Crippen LogP contribution in [0.1, 0.15) is 37.8 Å². The van der Waals surface area contributed by atoms with E-state index in [1.165, 1.54) is 24.3 Å². The summed E-state index contributed by atoms with van der Waals surface area (Å²) >= 11 is 0. The molecule has 0 spiro atoms. The Morgan fingerprint density at radius 3 is 2.22 bits per heavy atom. The molecule has 3 aromatic carbocycles. The predicted molar refractivity (Wildman–Crippen MR) is 124 cm³/mol. The van der Waals surface area contributed by atoms with E-state index in [2.05, 4.69) is 11.8 Å². The van der Waals surface area contributed by atoms with Crippen LogP contribution in [0.25, 0.3) is 0 Å². The average Bonchev–Trinajstić information content (AvgIpc) is 2.80. The largest absolute Gasteiger partial charge is 0.507 e. The highest BCUT2D eigenvalue weighted by molar-refractivity contribution is 7.91. The summed E-state index contributed by atoms with van der Waals surface area (Å²) in [6.07, 6.45) is 1.09. The zero-order valence-corrected chi connectivity index (χ0v) is 19.1. The van der Waals surface area contributed by atoms with Crippen molar-refractivity contribution >= 4 is 9.84 Å². The van der Waals surface area contributed by atoms with Gasteiger partial charge in [-0.05, 0) is 68.3 Å². The second kappa shape index (κ2) is 9.47. The molecule has 3 aromatic rings. The minimum Gasteiger partial charge on any atom is -0.507 e. The molecule has 2 N–H and O–H groups in total. The second-order valence-electron chi connectivity index (χ2n) is 7.46. The summed E-state index contributed by atoms with van der Waals surface area (Å²) in [5.41, 5.74) is 0.555. The lowest BCUT2D eigenvalue weighted by atomic mass is 9.97.